The molecule has 2 nitrogen and oxygen atoms in total. The number of rotatable bonds is 2. The first-order chi connectivity index (χ1) is 8.99. The summed E-state index contributed by atoms with van der Waals surface area (Å²) >= 11 is 0. The van der Waals surface area contributed by atoms with E-state index in [1.165, 1.54) is 12.1 Å². The number of alkyl halides is 3. The molecule has 19 heavy (non-hydrogen) atoms. The fraction of sp³-hybridized carbons (Fsp3) is 0.500. The number of nitriles is 1. The predicted octanol–water partition coefficient (Wildman–Crippen LogP) is 4.20. The van der Waals surface area contributed by atoms with Crippen molar-refractivity contribution >= 4 is 5.69 Å². The van der Waals surface area contributed by atoms with Gasteiger partial charge in [-0.1, -0.05) is 0 Å². The Morgan fingerprint density at radius 2 is 1.63 bits per heavy atom. The van der Waals surface area contributed by atoms with Crippen LogP contribution in [0.15, 0.2) is 24.3 Å². The van der Waals surface area contributed by atoms with Crippen LogP contribution in [0.3, 0.4) is 0 Å². The Morgan fingerprint density at radius 3 is 2.11 bits per heavy atom. The molecule has 1 aromatic rings. The molecule has 1 aromatic carbocycles. The topological polar surface area (TPSA) is 35.8 Å². The molecule has 0 amide bonds. The summed E-state index contributed by atoms with van der Waals surface area (Å²) in [5.41, 5.74) is 0.0691. The molecule has 0 unspecified atom stereocenters. The molecule has 1 aliphatic carbocycles. The molecule has 0 aromatic heterocycles. The van der Waals surface area contributed by atoms with E-state index in [4.69, 9.17) is 5.26 Å². The van der Waals surface area contributed by atoms with Gasteiger partial charge in [0.1, 0.15) is 0 Å². The third kappa shape index (κ3) is 3.63. The van der Waals surface area contributed by atoms with Crippen molar-refractivity contribution in [3.8, 4) is 6.07 Å². The summed E-state index contributed by atoms with van der Waals surface area (Å²) in [7, 11) is 0. The van der Waals surface area contributed by atoms with E-state index in [0.717, 1.165) is 37.8 Å². The SMILES string of the molecule is N#CC1CCC(Nc2ccc(C(F)(F)F)cc2)CC1. The highest BCUT2D eigenvalue weighted by molar-refractivity contribution is 5.46. The van der Waals surface area contributed by atoms with Gasteiger partial charge in [0.2, 0.25) is 0 Å². The minimum atomic E-state index is -4.29. The number of anilines is 1. The molecule has 0 radical (unpaired) electrons. The van der Waals surface area contributed by atoms with Gasteiger partial charge in [-0.05, 0) is 49.9 Å². The number of nitrogens with zero attached hydrogens (tertiary/aromatic N) is 1. The maximum absolute atomic E-state index is 12.4. The number of nitrogens with one attached hydrogen (secondary N) is 1. The Labute approximate surface area is 110 Å². The van der Waals surface area contributed by atoms with Crippen molar-refractivity contribution in [3.05, 3.63) is 29.8 Å². The standard InChI is InChI=1S/C14H15F3N2/c15-14(16,17)11-3-7-13(8-4-11)19-12-5-1-10(9-18)2-6-12/h3-4,7-8,10,12,19H,1-2,5-6H2. The van der Waals surface area contributed by atoms with Gasteiger partial charge in [-0.25, -0.2) is 0 Å². The minimum Gasteiger partial charge on any atom is -0.382 e. The summed E-state index contributed by atoms with van der Waals surface area (Å²) in [6.45, 7) is 0. The van der Waals surface area contributed by atoms with Crippen LogP contribution in [0.2, 0.25) is 0 Å². The van der Waals surface area contributed by atoms with E-state index in [-0.39, 0.29) is 12.0 Å². The van der Waals surface area contributed by atoms with Gasteiger partial charge in [-0.3, -0.25) is 0 Å². The first-order valence-corrected chi connectivity index (χ1v) is 6.32. The van der Waals surface area contributed by atoms with Crippen LogP contribution in [-0.2, 0) is 6.18 Å². The van der Waals surface area contributed by atoms with E-state index >= 15 is 0 Å². The van der Waals surface area contributed by atoms with Gasteiger partial charge >= 0.3 is 6.18 Å². The van der Waals surface area contributed by atoms with Crippen LogP contribution in [0, 0.1) is 17.2 Å². The quantitative estimate of drug-likeness (QED) is 0.872. The van der Waals surface area contributed by atoms with E-state index < -0.39 is 11.7 Å². The second-order valence-corrected chi connectivity index (χ2v) is 4.90. The van der Waals surface area contributed by atoms with Crippen LogP contribution in [0.25, 0.3) is 0 Å². The first kappa shape index (κ1) is 13.7. The highest BCUT2D eigenvalue weighted by atomic mass is 19.4. The maximum atomic E-state index is 12.4. The summed E-state index contributed by atoms with van der Waals surface area (Å²) in [6, 6.07) is 7.60. The number of hydrogen-bond acceptors (Lipinski definition) is 2. The average molecular weight is 268 g/mol. The summed E-state index contributed by atoms with van der Waals surface area (Å²) in [5, 5.41) is 12.0. The second-order valence-electron chi connectivity index (χ2n) is 4.90. The molecule has 1 aliphatic rings. The van der Waals surface area contributed by atoms with Crippen molar-refractivity contribution in [2.45, 2.75) is 37.9 Å². The van der Waals surface area contributed by atoms with Gasteiger partial charge < -0.3 is 5.32 Å². The molecule has 102 valence electrons. The molecule has 1 fully saturated rings. The van der Waals surface area contributed by atoms with Crippen molar-refractivity contribution in [1.29, 1.82) is 5.26 Å². The van der Waals surface area contributed by atoms with Crippen molar-refractivity contribution in [1.82, 2.24) is 0 Å². The van der Waals surface area contributed by atoms with Gasteiger partial charge in [0, 0.05) is 17.6 Å². The van der Waals surface area contributed by atoms with Crippen molar-refractivity contribution < 1.29 is 13.2 Å². The van der Waals surface area contributed by atoms with E-state index in [1.807, 2.05) is 0 Å². The zero-order chi connectivity index (χ0) is 13.9. The molecule has 1 N–H and O–H groups in total. The number of hydrogen-bond donors (Lipinski definition) is 1. The molecule has 0 heterocycles. The smallest absolute Gasteiger partial charge is 0.382 e. The monoisotopic (exact) mass is 268 g/mol. The lowest BCUT2D eigenvalue weighted by atomic mass is 9.87. The normalized spacial score (nSPS) is 23.7. The average Bonchev–Trinajstić information content (AvgIpc) is 2.39. The molecule has 1 saturated carbocycles. The highest BCUT2D eigenvalue weighted by Gasteiger charge is 2.30. The molecule has 2 rings (SSSR count). The molecule has 0 atom stereocenters. The third-order valence-electron chi connectivity index (χ3n) is 3.49. The lowest BCUT2D eigenvalue weighted by Crippen LogP contribution is -2.25. The van der Waals surface area contributed by atoms with Gasteiger partial charge in [0.05, 0.1) is 11.6 Å². The molecular formula is C14H15F3N2. The van der Waals surface area contributed by atoms with Crippen molar-refractivity contribution in [2.24, 2.45) is 5.92 Å². The summed E-state index contributed by atoms with van der Waals surface area (Å²) in [5.74, 6) is 0.130. The first-order valence-electron chi connectivity index (χ1n) is 6.32. The Kier molecular flexibility index (Phi) is 3.98. The van der Waals surface area contributed by atoms with Crippen molar-refractivity contribution in [2.75, 3.05) is 5.32 Å². The van der Waals surface area contributed by atoms with Crippen LogP contribution in [0.4, 0.5) is 18.9 Å². The van der Waals surface area contributed by atoms with Crippen LogP contribution >= 0.6 is 0 Å². The van der Waals surface area contributed by atoms with Gasteiger partial charge in [-0.2, -0.15) is 18.4 Å². The maximum Gasteiger partial charge on any atom is 0.416 e. The van der Waals surface area contributed by atoms with Crippen molar-refractivity contribution in [3.63, 3.8) is 0 Å². The van der Waals surface area contributed by atoms with E-state index in [0.29, 0.717) is 5.69 Å². The van der Waals surface area contributed by atoms with Crippen LogP contribution in [0.5, 0.6) is 0 Å². The number of benzene rings is 1. The van der Waals surface area contributed by atoms with Crippen LogP contribution < -0.4 is 5.32 Å². The molecule has 0 bridgehead atoms. The summed E-state index contributed by atoms with van der Waals surface area (Å²) < 4.78 is 37.2. The zero-order valence-electron chi connectivity index (χ0n) is 10.4. The molecule has 0 aliphatic heterocycles. The van der Waals surface area contributed by atoms with Crippen LogP contribution in [0.1, 0.15) is 31.2 Å². The zero-order valence-corrected chi connectivity index (χ0v) is 10.4. The Morgan fingerprint density at radius 1 is 1.05 bits per heavy atom. The second kappa shape index (κ2) is 5.52. The Balaban J connectivity index is 1.92. The highest BCUT2D eigenvalue weighted by Crippen LogP contribution is 2.31. The number of halogens is 3. The molecular weight excluding hydrogens is 253 g/mol. The van der Waals surface area contributed by atoms with Gasteiger partial charge in [0.25, 0.3) is 0 Å². The predicted molar refractivity (Wildman–Crippen MR) is 66.4 cm³/mol. The summed E-state index contributed by atoms with van der Waals surface area (Å²) in [6.07, 6.45) is -0.800. The van der Waals surface area contributed by atoms with Crippen LogP contribution in [-0.4, -0.2) is 6.04 Å². The lowest BCUT2D eigenvalue weighted by Gasteiger charge is -2.26. The Hall–Kier alpha value is -1.70. The molecule has 5 heteroatoms. The van der Waals surface area contributed by atoms with E-state index in [9.17, 15) is 13.2 Å². The molecule has 0 saturated heterocycles. The fourth-order valence-electron chi connectivity index (χ4n) is 2.36. The summed E-state index contributed by atoms with van der Waals surface area (Å²) in [4.78, 5) is 0. The van der Waals surface area contributed by atoms with Gasteiger partial charge in [0.15, 0.2) is 0 Å². The third-order valence-corrected chi connectivity index (χ3v) is 3.49. The minimum absolute atomic E-state index is 0.130. The van der Waals surface area contributed by atoms with E-state index in [2.05, 4.69) is 11.4 Å². The molecule has 0 spiro atoms. The largest absolute Gasteiger partial charge is 0.416 e. The fourth-order valence-corrected chi connectivity index (χ4v) is 2.36. The van der Waals surface area contributed by atoms with E-state index in [1.54, 1.807) is 0 Å². The van der Waals surface area contributed by atoms with Gasteiger partial charge in [-0.15, -0.1) is 0 Å². The lowest BCUT2D eigenvalue weighted by molar-refractivity contribution is -0.137. The Bertz CT molecular complexity index is 451.